The summed E-state index contributed by atoms with van der Waals surface area (Å²) in [5.41, 5.74) is 19.3. The maximum absolute atomic E-state index is 2.51. The van der Waals surface area contributed by atoms with Crippen LogP contribution in [-0.2, 0) is 5.41 Å². The van der Waals surface area contributed by atoms with Crippen LogP contribution in [0.2, 0.25) is 0 Å². The Morgan fingerprint density at radius 2 is 0.753 bits per heavy atom. The standard InChI is InChI=1S/C71H44N2/c1-2-17-48(18-3-1)73-68-40-33-47(42-63(68)70-52-19-5-4-16-46(52)32-41-69(70)73)45-30-34-49(35-31-45)72(50-36-38-57-55-22-7-6-20-53(55)54-21-8-9-23-56(54)62(57)43-50)51-37-39-61-60-26-12-15-29-66(60)71(67(61)44-51)64-27-13-10-24-58(64)59-25-11-14-28-65(59)71/h1-44H. The molecule has 0 saturated carbocycles. The summed E-state index contributed by atoms with van der Waals surface area (Å²) >= 11 is 0. The molecule has 338 valence electrons. The van der Waals surface area contributed by atoms with Crippen molar-refractivity contribution in [2.24, 2.45) is 0 Å². The van der Waals surface area contributed by atoms with E-state index in [1.165, 1.54) is 121 Å². The Morgan fingerprint density at radius 1 is 0.274 bits per heavy atom. The largest absolute Gasteiger partial charge is 0.310 e. The van der Waals surface area contributed by atoms with Gasteiger partial charge in [0.25, 0.3) is 0 Å². The van der Waals surface area contributed by atoms with E-state index in [-0.39, 0.29) is 0 Å². The average molecular weight is 925 g/mol. The highest BCUT2D eigenvalue weighted by Crippen LogP contribution is 2.63. The molecule has 13 aromatic carbocycles. The van der Waals surface area contributed by atoms with Gasteiger partial charge in [0.2, 0.25) is 0 Å². The van der Waals surface area contributed by atoms with Crippen LogP contribution in [-0.4, -0.2) is 4.57 Å². The van der Waals surface area contributed by atoms with Crippen molar-refractivity contribution in [3.8, 4) is 39.1 Å². The molecule has 2 aliphatic carbocycles. The predicted octanol–water partition coefficient (Wildman–Crippen LogP) is 18.9. The topological polar surface area (TPSA) is 8.17 Å². The first-order valence-corrected chi connectivity index (χ1v) is 25.4. The molecular weight excluding hydrogens is 881 g/mol. The number of nitrogens with zero attached hydrogens (tertiary/aromatic N) is 2. The minimum Gasteiger partial charge on any atom is -0.310 e. The molecule has 0 unspecified atom stereocenters. The summed E-state index contributed by atoms with van der Waals surface area (Å²) in [5, 5.41) is 12.6. The van der Waals surface area contributed by atoms with E-state index in [0.29, 0.717) is 0 Å². The second-order valence-electron chi connectivity index (χ2n) is 19.9. The highest BCUT2D eigenvalue weighted by Gasteiger charge is 2.51. The molecule has 0 fully saturated rings. The summed E-state index contributed by atoms with van der Waals surface area (Å²) in [6, 6.07) is 99.7. The zero-order valence-corrected chi connectivity index (χ0v) is 39.8. The molecule has 2 aliphatic rings. The van der Waals surface area contributed by atoms with Gasteiger partial charge >= 0.3 is 0 Å². The number of hydrogen-bond acceptors (Lipinski definition) is 1. The zero-order chi connectivity index (χ0) is 47.8. The minimum atomic E-state index is -0.462. The maximum Gasteiger partial charge on any atom is 0.0726 e. The second-order valence-corrected chi connectivity index (χ2v) is 19.9. The number of hydrogen-bond donors (Lipinski definition) is 0. The fourth-order valence-electron chi connectivity index (χ4n) is 13.3. The molecule has 0 bridgehead atoms. The summed E-state index contributed by atoms with van der Waals surface area (Å²) in [6.45, 7) is 0. The van der Waals surface area contributed by atoms with Gasteiger partial charge in [0.15, 0.2) is 0 Å². The fraction of sp³-hybridized carbons (Fsp3) is 0.0141. The van der Waals surface area contributed by atoms with Crippen LogP contribution in [0.5, 0.6) is 0 Å². The first-order chi connectivity index (χ1) is 36.2. The lowest BCUT2D eigenvalue weighted by Gasteiger charge is -2.32. The first kappa shape index (κ1) is 40.3. The SMILES string of the molecule is c1ccc(-n2c3ccc(-c4ccc(N(c5ccc6c(c5)C5(c7ccccc7-c7ccccc75)c5ccccc5-6)c5ccc6c7ccccc7c7ccccc7c6c5)cc4)cc3c3c4ccccc4ccc32)cc1. The van der Waals surface area contributed by atoms with Gasteiger partial charge in [-0.1, -0.05) is 200 Å². The van der Waals surface area contributed by atoms with Crippen LogP contribution in [0.1, 0.15) is 22.3 Å². The van der Waals surface area contributed by atoms with Crippen molar-refractivity contribution in [2.75, 3.05) is 4.90 Å². The van der Waals surface area contributed by atoms with E-state index in [0.717, 1.165) is 22.7 Å². The van der Waals surface area contributed by atoms with Crippen LogP contribution in [0, 0.1) is 0 Å². The molecule has 73 heavy (non-hydrogen) atoms. The van der Waals surface area contributed by atoms with E-state index >= 15 is 0 Å². The second kappa shape index (κ2) is 15.3. The van der Waals surface area contributed by atoms with Gasteiger partial charge in [0.05, 0.1) is 16.4 Å². The van der Waals surface area contributed by atoms with Crippen molar-refractivity contribution in [1.29, 1.82) is 0 Å². The number of para-hydroxylation sites is 1. The van der Waals surface area contributed by atoms with E-state index < -0.39 is 5.41 Å². The van der Waals surface area contributed by atoms with Gasteiger partial charge in [-0.15, -0.1) is 0 Å². The minimum absolute atomic E-state index is 0.462. The highest BCUT2D eigenvalue weighted by atomic mass is 15.1. The van der Waals surface area contributed by atoms with Crippen LogP contribution in [0.3, 0.4) is 0 Å². The van der Waals surface area contributed by atoms with Crippen molar-refractivity contribution >= 4 is 82.0 Å². The summed E-state index contributed by atoms with van der Waals surface area (Å²) in [6.07, 6.45) is 0. The number of anilines is 3. The van der Waals surface area contributed by atoms with Gasteiger partial charge in [-0.3, -0.25) is 0 Å². The molecule has 16 rings (SSSR count). The molecule has 1 spiro atoms. The molecule has 0 aliphatic heterocycles. The van der Waals surface area contributed by atoms with Crippen LogP contribution >= 0.6 is 0 Å². The van der Waals surface area contributed by atoms with E-state index in [9.17, 15) is 0 Å². The fourth-order valence-corrected chi connectivity index (χ4v) is 13.3. The van der Waals surface area contributed by atoms with Crippen LogP contribution < -0.4 is 4.90 Å². The first-order valence-electron chi connectivity index (χ1n) is 25.4. The Labute approximate surface area is 422 Å². The lowest BCUT2D eigenvalue weighted by Crippen LogP contribution is -2.26. The number of benzene rings is 13. The third kappa shape index (κ3) is 5.58. The lowest BCUT2D eigenvalue weighted by atomic mass is 9.70. The molecular formula is C71H44N2. The third-order valence-corrected chi connectivity index (χ3v) is 16.4. The number of rotatable bonds is 5. The Kier molecular flexibility index (Phi) is 8.41. The Morgan fingerprint density at radius 3 is 1.41 bits per heavy atom. The summed E-state index contributed by atoms with van der Waals surface area (Å²) < 4.78 is 2.42. The Balaban J connectivity index is 0.911. The lowest BCUT2D eigenvalue weighted by molar-refractivity contribution is 0.793. The van der Waals surface area contributed by atoms with E-state index in [2.05, 4.69) is 276 Å². The van der Waals surface area contributed by atoms with E-state index in [1.54, 1.807) is 0 Å². The molecule has 1 aromatic heterocycles. The molecule has 2 nitrogen and oxygen atoms in total. The molecule has 0 amide bonds. The van der Waals surface area contributed by atoms with Crippen molar-refractivity contribution in [3.05, 3.63) is 289 Å². The van der Waals surface area contributed by atoms with Crippen molar-refractivity contribution in [1.82, 2.24) is 4.57 Å². The predicted molar refractivity (Wildman–Crippen MR) is 307 cm³/mol. The molecule has 2 heteroatoms. The normalized spacial score (nSPS) is 13.0. The van der Waals surface area contributed by atoms with Gasteiger partial charge in [-0.05, 0) is 165 Å². The van der Waals surface area contributed by atoms with Crippen LogP contribution in [0.4, 0.5) is 17.1 Å². The molecule has 0 saturated heterocycles. The van der Waals surface area contributed by atoms with Gasteiger partial charge < -0.3 is 9.47 Å². The Hall–Kier alpha value is -9.50. The summed E-state index contributed by atoms with van der Waals surface area (Å²) in [5.74, 6) is 0. The van der Waals surface area contributed by atoms with E-state index in [1.807, 2.05) is 0 Å². The molecule has 0 atom stereocenters. The average Bonchev–Trinajstić information content (AvgIpc) is 4.08. The molecule has 0 radical (unpaired) electrons. The maximum atomic E-state index is 2.51. The molecule has 0 N–H and O–H groups in total. The number of fused-ring (bicyclic) bond motifs is 21. The third-order valence-electron chi connectivity index (χ3n) is 16.4. The smallest absolute Gasteiger partial charge is 0.0726 e. The molecule has 14 aromatic rings. The van der Waals surface area contributed by atoms with Crippen molar-refractivity contribution < 1.29 is 0 Å². The van der Waals surface area contributed by atoms with Gasteiger partial charge in [-0.2, -0.15) is 0 Å². The van der Waals surface area contributed by atoms with Crippen LogP contribution in [0.25, 0.3) is 104 Å². The van der Waals surface area contributed by atoms with Crippen molar-refractivity contribution in [3.63, 3.8) is 0 Å². The quantitative estimate of drug-likeness (QED) is 0.156. The van der Waals surface area contributed by atoms with Crippen LogP contribution in [0.15, 0.2) is 267 Å². The van der Waals surface area contributed by atoms with Crippen molar-refractivity contribution in [2.45, 2.75) is 5.41 Å². The Bertz CT molecular complexity index is 4520. The monoisotopic (exact) mass is 924 g/mol. The summed E-state index contributed by atoms with van der Waals surface area (Å²) in [4.78, 5) is 2.49. The van der Waals surface area contributed by atoms with Gasteiger partial charge in [-0.25, -0.2) is 0 Å². The summed E-state index contributed by atoms with van der Waals surface area (Å²) in [7, 11) is 0. The van der Waals surface area contributed by atoms with Gasteiger partial charge in [0, 0.05) is 33.5 Å². The zero-order valence-electron chi connectivity index (χ0n) is 39.8. The van der Waals surface area contributed by atoms with Gasteiger partial charge in [0.1, 0.15) is 0 Å². The number of aromatic nitrogens is 1. The van der Waals surface area contributed by atoms with E-state index in [4.69, 9.17) is 0 Å². The highest BCUT2D eigenvalue weighted by molar-refractivity contribution is 6.26. The molecule has 1 heterocycles.